The SMILES string of the molecule is C[CH]CCC(Oc1cccc2ccccc12)c1cccc(C(=O)NCCCN(C)C)c1. The average Bonchev–Trinajstić information content (AvgIpc) is 2.79. The lowest BCUT2D eigenvalue weighted by molar-refractivity contribution is 0.0952. The maximum Gasteiger partial charge on any atom is 0.251 e. The van der Waals surface area contributed by atoms with Crippen LogP contribution < -0.4 is 10.1 Å². The van der Waals surface area contributed by atoms with Crippen molar-refractivity contribution >= 4 is 16.7 Å². The van der Waals surface area contributed by atoms with Crippen molar-refractivity contribution in [3.05, 3.63) is 84.3 Å². The van der Waals surface area contributed by atoms with Gasteiger partial charge in [-0.05, 0) is 75.5 Å². The van der Waals surface area contributed by atoms with E-state index < -0.39 is 0 Å². The van der Waals surface area contributed by atoms with Gasteiger partial charge in [0.25, 0.3) is 5.91 Å². The zero-order valence-corrected chi connectivity index (χ0v) is 18.8. The van der Waals surface area contributed by atoms with Crippen molar-refractivity contribution in [3.63, 3.8) is 0 Å². The highest BCUT2D eigenvalue weighted by atomic mass is 16.5. The van der Waals surface area contributed by atoms with Crippen LogP contribution in [0.1, 0.15) is 48.2 Å². The fraction of sp³-hybridized carbons (Fsp3) is 0.333. The smallest absolute Gasteiger partial charge is 0.251 e. The zero-order valence-electron chi connectivity index (χ0n) is 18.8. The summed E-state index contributed by atoms with van der Waals surface area (Å²) in [6, 6.07) is 22.2. The van der Waals surface area contributed by atoms with Gasteiger partial charge in [-0.25, -0.2) is 0 Å². The van der Waals surface area contributed by atoms with Gasteiger partial charge in [0.2, 0.25) is 0 Å². The number of fused-ring (bicyclic) bond motifs is 1. The van der Waals surface area contributed by atoms with Crippen LogP contribution in [0.5, 0.6) is 5.75 Å². The number of nitrogens with zero attached hydrogens (tertiary/aromatic N) is 1. The standard InChI is InChI=1S/C27H33N2O2/c1-4-5-16-25(31-26-17-9-12-21-11-6-7-15-24(21)26)22-13-8-14-23(20-22)27(30)28-18-10-19-29(2)3/h4,6-9,11-15,17,20,25H,5,10,16,18-19H2,1-3H3,(H,28,30). The molecule has 1 unspecified atom stereocenters. The molecule has 0 aliphatic carbocycles. The molecule has 0 saturated carbocycles. The van der Waals surface area contributed by atoms with Crippen molar-refractivity contribution in [2.45, 2.75) is 32.3 Å². The van der Waals surface area contributed by atoms with Crippen LogP contribution in [0, 0.1) is 6.42 Å². The number of unbranched alkanes of at least 4 members (excludes halogenated alkanes) is 1. The molecule has 3 aromatic carbocycles. The van der Waals surface area contributed by atoms with Gasteiger partial charge in [0, 0.05) is 17.5 Å². The van der Waals surface area contributed by atoms with Crippen molar-refractivity contribution < 1.29 is 9.53 Å². The summed E-state index contributed by atoms with van der Waals surface area (Å²) in [6.45, 7) is 3.68. The van der Waals surface area contributed by atoms with Gasteiger partial charge in [-0.15, -0.1) is 0 Å². The Bertz CT molecular complexity index is 978. The molecular weight excluding hydrogens is 384 g/mol. The first-order valence-electron chi connectivity index (χ1n) is 11.0. The molecule has 1 N–H and O–H groups in total. The van der Waals surface area contributed by atoms with Crippen LogP contribution in [-0.4, -0.2) is 38.0 Å². The summed E-state index contributed by atoms with van der Waals surface area (Å²) < 4.78 is 6.52. The van der Waals surface area contributed by atoms with Crippen LogP contribution in [0.2, 0.25) is 0 Å². The van der Waals surface area contributed by atoms with Crippen molar-refractivity contribution in [3.8, 4) is 5.75 Å². The molecule has 0 bridgehead atoms. The lowest BCUT2D eigenvalue weighted by atomic mass is 10.0. The molecule has 31 heavy (non-hydrogen) atoms. The van der Waals surface area contributed by atoms with E-state index in [2.05, 4.69) is 41.8 Å². The van der Waals surface area contributed by atoms with E-state index in [9.17, 15) is 4.79 Å². The third-order valence-corrected chi connectivity index (χ3v) is 5.32. The molecule has 163 valence electrons. The van der Waals surface area contributed by atoms with E-state index in [-0.39, 0.29) is 12.0 Å². The van der Waals surface area contributed by atoms with Gasteiger partial charge in [-0.3, -0.25) is 4.79 Å². The second-order valence-electron chi connectivity index (χ2n) is 8.11. The van der Waals surface area contributed by atoms with Crippen molar-refractivity contribution in [1.29, 1.82) is 0 Å². The number of amides is 1. The molecule has 1 atom stereocenters. The summed E-state index contributed by atoms with van der Waals surface area (Å²) in [6.07, 6.45) is 4.76. The maximum atomic E-state index is 12.6. The minimum Gasteiger partial charge on any atom is -0.485 e. The van der Waals surface area contributed by atoms with Crippen LogP contribution in [0.4, 0.5) is 0 Å². The topological polar surface area (TPSA) is 41.6 Å². The number of nitrogens with one attached hydrogen (secondary N) is 1. The predicted molar refractivity (Wildman–Crippen MR) is 128 cm³/mol. The van der Waals surface area contributed by atoms with Gasteiger partial charge < -0.3 is 15.0 Å². The van der Waals surface area contributed by atoms with Crippen LogP contribution in [0.25, 0.3) is 10.8 Å². The highest BCUT2D eigenvalue weighted by Gasteiger charge is 2.16. The van der Waals surface area contributed by atoms with E-state index in [0.29, 0.717) is 12.1 Å². The fourth-order valence-corrected chi connectivity index (χ4v) is 3.64. The Morgan fingerprint density at radius 3 is 2.65 bits per heavy atom. The molecule has 0 aliphatic heterocycles. The summed E-state index contributed by atoms with van der Waals surface area (Å²) in [4.78, 5) is 14.8. The molecule has 1 radical (unpaired) electrons. The first-order chi connectivity index (χ1) is 15.1. The van der Waals surface area contributed by atoms with Crippen LogP contribution in [-0.2, 0) is 0 Å². The average molecular weight is 418 g/mol. The number of carbonyl (C=O) groups is 1. The molecule has 3 rings (SSSR count). The van der Waals surface area contributed by atoms with E-state index in [4.69, 9.17) is 4.74 Å². The second kappa shape index (κ2) is 11.5. The molecule has 4 heteroatoms. The van der Waals surface area contributed by atoms with Gasteiger partial charge in [-0.1, -0.05) is 55.5 Å². The van der Waals surface area contributed by atoms with E-state index >= 15 is 0 Å². The van der Waals surface area contributed by atoms with Gasteiger partial charge >= 0.3 is 0 Å². The Hall–Kier alpha value is -2.85. The number of hydrogen-bond donors (Lipinski definition) is 1. The van der Waals surface area contributed by atoms with Gasteiger partial charge in [0.15, 0.2) is 0 Å². The lowest BCUT2D eigenvalue weighted by Crippen LogP contribution is -2.27. The van der Waals surface area contributed by atoms with Crippen LogP contribution >= 0.6 is 0 Å². The monoisotopic (exact) mass is 417 g/mol. The van der Waals surface area contributed by atoms with E-state index in [1.165, 1.54) is 0 Å². The molecule has 0 spiro atoms. The third-order valence-electron chi connectivity index (χ3n) is 5.32. The molecule has 4 nitrogen and oxygen atoms in total. The van der Waals surface area contributed by atoms with Crippen LogP contribution in [0.15, 0.2) is 66.7 Å². The van der Waals surface area contributed by atoms with E-state index in [1.54, 1.807) is 0 Å². The molecule has 3 aromatic rings. The van der Waals surface area contributed by atoms with Crippen molar-refractivity contribution in [1.82, 2.24) is 10.2 Å². The minimum atomic E-state index is -0.122. The van der Waals surface area contributed by atoms with Crippen LogP contribution in [0.3, 0.4) is 0 Å². The number of rotatable bonds is 11. The molecule has 0 fully saturated rings. The van der Waals surface area contributed by atoms with Gasteiger partial charge in [0.1, 0.15) is 11.9 Å². The van der Waals surface area contributed by atoms with E-state index in [0.717, 1.165) is 47.9 Å². The first kappa shape index (κ1) is 22.8. The molecule has 1 amide bonds. The zero-order chi connectivity index (χ0) is 22.1. The Labute approximate surface area is 186 Å². The summed E-state index contributed by atoms with van der Waals surface area (Å²) in [5.74, 6) is 0.837. The largest absolute Gasteiger partial charge is 0.485 e. The number of carbonyl (C=O) groups excluding carboxylic acids is 1. The summed E-state index contributed by atoms with van der Waals surface area (Å²) in [7, 11) is 4.07. The van der Waals surface area contributed by atoms with Crippen molar-refractivity contribution in [2.24, 2.45) is 0 Å². The number of ether oxygens (including phenoxy) is 1. The molecular formula is C27H33N2O2. The molecule has 0 saturated heterocycles. The highest BCUT2D eigenvalue weighted by molar-refractivity contribution is 5.94. The Balaban J connectivity index is 1.77. The normalized spacial score (nSPS) is 12.1. The summed E-state index contributed by atoms with van der Waals surface area (Å²) in [5.41, 5.74) is 1.70. The summed E-state index contributed by atoms with van der Waals surface area (Å²) >= 11 is 0. The predicted octanol–water partition coefficient (Wildman–Crippen LogP) is 5.65. The quantitative estimate of drug-likeness (QED) is 0.410. The van der Waals surface area contributed by atoms with Crippen molar-refractivity contribution in [2.75, 3.05) is 27.2 Å². The highest BCUT2D eigenvalue weighted by Crippen LogP contribution is 2.32. The fourth-order valence-electron chi connectivity index (χ4n) is 3.64. The van der Waals surface area contributed by atoms with Gasteiger partial charge in [0.05, 0.1) is 0 Å². The lowest BCUT2D eigenvalue weighted by Gasteiger charge is -2.21. The maximum absolute atomic E-state index is 12.6. The molecule has 0 aromatic heterocycles. The first-order valence-corrected chi connectivity index (χ1v) is 11.0. The Morgan fingerprint density at radius 1 is 1.06 bits per heavy atom. The third kappa shape index (κ3) is 6.56. The Morgan fingerprint density at radius 2 is 1.84 bits per heavy atom. The number of hydrogen-bond acceptors (Lipinski definition) is 3. The minimum absolute atomic E-state index is 0.0356. The second-order valence-corrected chi connectivity index (χ2v) is 8.11. The number of benzene rings is 3. The molecule has 0 heterocycles. The van der Waals surface area contributed by atoms with E-state index in [1.807, 2.05) is 62.6 Å². The summed E-state index contributed by atoms with van der Waals surface area (Å²) in [5, 5.41) is 5.29. The molecule has 0 aliphatic rings. The Kier molecular flexibility index (Phi) is 8.48. The van der Waals surface area contributed by atoms with Gasteiger partial charge in [-0.2, -0.15) is 0 Å².